The zero-order valence-electron chi connectivity index (χ0n) is 18.1. The van der Waals surface area contributed by atoms with E-state index in [-0.39, 0.29) is 18.4 Å². The summed E-state index contributed by atoms with van der Waals surface area (Å²) in [6.45, 7) is -0.308. The van der Waals surface area contributed by atoms with E-state index < -0.39 is 11.6 Å². The Balaban J connectivity index is 1.36. The molecule has 1 aliphatic carbocycles. The molecule has 1 N–H and O–H groups in total. The maximum absolute atomic E-state index is 13.7. The molecule has 4 amide bonds. The van der Waals surface area contributed by atoms with Crippen molar-refractivity contribution in [1.82, 2.24) is 10.2 Å². The number of amides is 4. The van der Waals surface area contributed by atoms with E-state index in [1.807, 2.05) is 72.8 Å². The van der Waals surface area contributed by atoms with E-state index in [0.29, 0.717) is 6.42 Å². The number of carbonyl (C=O) groups excluding carboxylic acids is 3. The standard InChI is InChI=1S/C27H23N3O3/c31-24(30-22-11-5-2-8-19(22)13-14-20-9-3-6-12-23(20)30)17-29-25(32)27(28-26(29)33)16-15-18-7-1-4-10-21(18)27/h1-12H,13-17H2,(H,28,33). The largest absolute Gasteiger partial charge is 0.325 e. The van der Waals surface area contributed by atoms with E-state index in [1.165, 1.54) is 0 Å². The number of rotatable bonds is 2. The summed E-state index contributed by atoms with van der Waals surface area (Å²) in [5, 5.41) is 2.91. The number of hydrogen-bond acceptors (Lipinski definition) is 3. The quantitative estimate of drug-likeness (QED) is 0.620. The van der Waals surface area contributed by atoms with Crippen LogP contribution in [0.15, 0.2) is 72.8 Å². The molecule has 1 fully saturated rings. The lowest BCUT2D eigenvalue weighted by Gasteiger charge is -2.27. The molecule has 0 saturated carbocycles. The van der Waals surface area contributed by atoms with E-state index in [2.05, 4.69) is 5.32 Å². The lowest BCUT2D eigenvalue weighted by atomic mass is 9.92. The molecule has 2 heterocycles. The van der Waals surface area contributed by atoms with Crippen molar-refractivity contribution in [2.75, 3.05) is 11.4 Å². The van der Waals surface area contributed by atoms with Crippen LogP contribution in [-0.4, -0.2) is 29.3 Å². The topological polar surface area (TPSA) is 69.7 Å². The summed E-state index contributed by atoms with van der Waals surface area (Å²) >= 11 is 0. The van der Waals surface area contributed by atoms with Crippen LogP contribution in [0.5, 0.6) is 0 Å². The van der Waals surface area contributed by atoms with Crippen LogP contribution >= 0.6 is 0 Å². The van der Waals surface area contributed by atoms with Gasteiger partial charge in [0.2, 0.25) is 0 Å². The minimum absolute atomic E-state index is 0.302. The van der Waals surface area contributed by atoms with Crippen LogP contribution in [0.1, 0.15) is 28.7 Å². The molecule has 3 aromatic carbocycles. The molecule has 1 saturated heterocycles. The van der Waals surface area contributed by atoms with Crippen molar-refractivity contribution in [2.45, 2.75) is 31.2 Å². The van der Waals surface area contributed by atoms with Gasteiger partial charge in [-0.1, -0.05) is 60.7 Å². The Hall–Kier alpha value is -3.93. The van der Waals surface area contributed by atoms with Crippen LogP contribution in [0.2, 0.25) is 0 Å². The second-order valence-electron chi connectivity index (χ2n) is 8.87. The second kappa shape index (κ2) is 7.30. The Morgan fingerprint density at radius 3 is 2.03 bits per heavy atom. The van der Waals surface area contributed by atoms with E-state index in [9.17, 15) is 14.4 Å². The second-order valence-corrected chi connectivity index (χ2v) is 8.87. The SMILES string of the molecule is O=C1NC2(CCc3ccccc32)C(=O)N1CC(=O)N1c2ccccc2CCc2ccccc21. The average Bonchev–Trinajstić information content (AvgIpc) is 3.25. The van der Waals surface area contributed by atoms with Crippen molar-refractivity contribution in [3.05, 3.63) is 95.1 Å². The van der Waals surface area contributed by atoms with Gasteiger partial charge >= 0.3 is 6.03 Å². The summed E-state index contributed by atoms with van der Waals surface area (Å²) in [4.78, 5) is 43.0. The van der Waals surface area contributed by atoms with Crippen LogP contribution in [-0.2, 0) is 34.4 Å². The Morgan fingerprint density at radius 2 is 1.36 bits per heavy atom. The number of urea groups is 1. The third-order valence-electron chi connectivity index (χ3n) is 7.09. The minimum atomic E-state index is -1.07. The molecule has 0 aromatic heterocycles. The van der Waals surface area contributed by atoms with Crippen molar-refractivity contribution >= 4 is 29.2 Å². The lowest BCUT2D eigenvalue weighted by Crippen LogP contribution is -2.44. The predicted octanol–water partition coefficient (Wildman–Crippen LogP) is 3.84. The van der Waals surface area contributed by atoms with Crippen LogP contribution < -0.4 is 10.2 Å². The first-order valence-corrected chi connectivity index (χ1v) is 11.3. The van der Waals surface area contributed by atoms with Crippen LogP contribution in [0, 0.1) is 0 Å². The summed E-state index contributed by atoms with van der Waals surface area (Å²) in [5.74, 6) is -0.647. The fourth-order valence-electron chi connectivity index (χ4n) is 5.49. The van der Waals surface area contributed by atoms with Gasteiger partial charge in [-0.25, -0.2) is 4.79 Å². The van der Waals surface area contributed by atoms with Gasteiger partial charge in [0.1, 0.15) is 12.1 Å². The fraction of sp³-hybridized carbons (Fsp3) is 0.222. The van der Waals surface area contributed by atoms with E-state index >= 15 is 0 Å². The van der Waals surface area contributed by atoms with Gasteiger partial charge < -0.3 is 5.32 Å². The predicted molar refractivity (Wildman–Crippen MR) is 124 cm³/mol. The monoisotopic (exact) mass is 437 g/mol. The van der Waals surface area contributed by atoms with Gasteiger partial charge in [-0.3, -0.25) is 19.4 Å². The average molecular weight is 437 g/mol. The molecule has 6 heteroatoms. The number of carbonyl (C=O) groups is 3. The highest BCUT2D eigenvalue weighted by Crippen LogP contribution is 2.42. The zero-order valence-corrected chi connectivity index (χ0v) is 18.1. The van der Waals surface area contributed by atoms with Crippen molar-refractivity contribution in [2.24, 2.45) is 0 Å². The van der Waals surface area contributed by atoms with Crippen LogP contribution in [0.4, 0.5) is 16.2 Å². The molecule has 6 nitrogen and oxygen atoms in total. The summed E-state index contributed by atoms with van der Waals surface area (Å²) in [6, 6.07) is 22.9. The summed E-state index contributed by atoms with van der Waals surface area (Å²) in [6.07, 6.45) is 2.87. The maximum atomic E-state index is 13.7. The molecule has 1 spiro atoms. The Morgan fingerprint density at radius 1 is 0.788 bits per heavy atom. The third-order valence-corrected chi connectivity index (χ3v) is 7.09. The molecule has 2 aliphatic heterocycles. The van der Waals surface area contributed by atoms with E-state index in [4.69, 9.17) is 0 Å². The first-order chi connectivity index (χ1) is 16.1. The van der Waals surface area contributed by atoms with Gasteiger partial charge in [-0.2, -0.15) is 0 Å². The van der Waals surface area contributed by atoms with Crippen molar-refractivity contribution < 1.29 is 14.4 Å². The van der Waals surface area contributed by atoms with Gasteiger partial charge in [0.25, 0.3) is 11.8 Å². The highest BCUT2D eigenvalue weighted by atomic mass is 16.2. The number of fused-ring (bicyclic) bond motifs is 4. The molecule has 33 heavy (non-hydrogen) atoms. The van der Waals surface area contributed by atoms with Gasteiger partial charge in [-0.15, -0.1) is 0 Å². The van der Waals surface area contributed by atoms with Crippen molar-refractivity contribution in [3.8, 4) is 0 Å². The number of benzene rings is 3. The van der Waals surface area contributed by atoms with Crippen LogP contribution in [0.25, 0.3) is 0 Å². The Bertz CT molecular complexity index is 1270. The number of anilines is 2. The normalized spacial score (nSPS) is 20.8. The lowest BCUT2D eigenvalue weighted by molar-refractivity contribution is -0.134. The molecular weight excluding hydrogens is 414 g/mol. The molecule has 6 rings (SSSR count). The minimum Gasteiger partial charge on any atom is -0.319 e. The molecule has 3 aliphatic rings. The van der Waals surface area contributed by atoms with Gasteiger partial charge in [-0.05, 0) is 60.1 Å². The van der Waals surface area contributed by atoms with Crippen LogP contribution in [0.3, 0.4) is 0 Å². The van der Waals surface area contributed by atoms with E-state index in [1.54, 1.807) is 4.90 Å². The zero-order chi connectivity index (χ0) is 22.6. The van der Waals surface area contributed by atoms with Crippen molar-refractivity contribution in [1.29, 1.82) is 0 Å². The number of nitrogens with zero attached hydrogens (tertiary/aromatic N) is 2. The molecule has 1 unspecified atom stereocenters. The summed E-state index contributed by atoms with van der Waals surface area (Å²) < 4.78 is 0. The fourth-order valence-corrected chi connectivity index (χ4v) is 5.49. The maximum Gasteiger partial charge on any atom is 0.325 e. The molecule has 0 bridgehead atoms. The highest BCUT2D eigenvalue weighted by molar-refractivity contribution is 6.12. The molecule has 1 atom stereocenters. The van der Waals surface area contributed by atoms with Gasteiger partial charge in [0.05, 0.1) is 11.4 Å². The van der Waals surface area contributed by atoms with Gasteiger partial charge in [0.15, 0.2) is 0 Å². The number of imide groups is 1. The molecule has 164 valence electrons. The number of nitrogens with one attached hydrogen (secondary N) is 1. The van der Waals surface area contributed by atoms with E-state index in [0.717, 1.165) is 57.8 Å². The number of aryl methyl sites for hydroxylation is 3. The number of para-hydroxylation sites is 2. The Kier molecular flexibility index (Phi) is 4.37. The third kappa shape index (κ3) is 2.90. The number of hydrogen-bond donors (Lipinski definition) is 1. The smallest absolute Gasteiger partial charge is 0.319 e. The molecule has 3 aromatic rings. The summed E-state index contributed by atoms with van der Waals surface area (Å²) in [7, 11) is 0. The Labute approximate surface area is 191 Å². The first-order valence-electron chi connectivity index (χ1n) is 11.3. The summed E-state index contributed by atoms with van der Waals surface area (Å²) in [5.41, 5.74) is 4.59. The first kappa shape index (κ1) is 19.7. The molecule has 0 radical (unpaired) electrons. The van der Waals surface area contributed by atoms with Gasteiger partial charge in [0, 0.05) is 0 Å². The molecular formula is C27H23N3O3. The highest BCUT2D eigenvalue weighted by Gasteiger charge is 2.55. The van der Waals surface area contributed by atoms with Crippen molar-refractivity contribution in [3.63, 3.8) is 0 Å².